The molecular weight excluding hydrogens is 267 g/mol. The second-order valence-corrected chi connectivity index (χ2v) is 6.98. The van der Waals surface area contributed by atoms with E-state index in [4.69, 9.17) is 0 Å². The van der Waals surface area contributed by atoms with Gasteiger partial charge in [0.2, 0.25) is 5.03 Å². The average molecular weight is 288 g/mol. The Balaban J connectivity index is 2.84. The zero-order valence-corrected chi connectivity index (χ0v) is 12.5. The molecule has 0 spiro atoms. The molecule has 1 heterocycles. The number of sulfonamides is 1. The standard InChI is InChI=1S/C13H21FN2O2S/c1-9(2)11(10(3)4)8-16-19(17,18)13-12(14)6-5-7-15-13/h5-7,9-11,16H,8H2,1-4H3. The van der Waals surface area contributed by atoms with Gasteiger partial charge in [-0.2, -0.15) is 0 Å². The first-order valence-corrected chi connectivity index (χ1v) is 7.84. The Bertz CT molecular complexity index is 507. The monoisotopic (exact) mass is 288 g/mol. The van der Waals surface area contributed by atoms with E-state index < -0.39 is 20.9 Å². The molecule has 1 N–H and O–H groups in total. The van der Waals surface area contributed by atoms with Crippen LogP contribution < -0.4 is 4.72 Å². The maximum absolute atomic E-state index is 13.4. The molecule has 108 valence electrons. The van der Waals surface area contributed by atoms with Gasteiger partial charge in [-0.15, -0.1) is 0 Å². The van der Waals surface area contributed by atoms with Crippen LogP contribution in [-0.4, -0.2) is 19.9 Å². The van der Waals surface area contributed by atoms with Crippen LogP contribution in [0.1, 0.15) is 27.7 Å². The fourth-order valence-corrected chi connectivity index (χ4v) is 3.16. The first kappa shape index (κ1) is 16.0. The summed E-state index contributed by atoms with van der Waals surface area (Å²) in [5, 5.41) is -0.540. The van der Waals surface area contributed by atoms with Crippen molar-refractivity contribution in [2.24, 2.45) is 17.8 Å². The average Bonchev–Trinajstić information content (AvgIpc) is 2.28. The van der Waals surface area contributed by atoms with Crippen molar-refractivity contribution < 1.29 is 12.8 Å². The molecular formula is C13H21FN2O2S. The number of aromatic nitrogens is 1. The van der Waals surface area contributed by atoms with Gasteiger partial charge in [-0.05, 0) is 29.9 Å². The molecule has 0 aromatic carbocycles. The number of nitrogens with zero attached hydrogens (tertiary/aromatic N) is 1. The van der Waals surface area contributed by atoms with Gasteiger partial charge >= 0.3 is 0 Å². The highest BCUT2D eigenvalue weighted by atomic mass is 32.2. The Kier molecular flexibility index (Phi) is 5.43. The summed E-state index contributed by atoms with van der Waals surface area (Å²) >= 11 is 0. The maximum atomic E-state index is 13.4. The lowest BCUT2D eigenvalue weighted by Crippen LogP contribution is -2.34. The van der Waals surface area contributed by atoms with Crippen molar-refractivity contribution in [2.45, 2.75) is 32.7 Å². The van der Waals surface area contributed by atoms with E-state index in [-0.39, 0.29) is 12.5 Å². The molecule has 6 heteroatoms. The molecule has 0 radical (unpaired) electrons. The molecule has 0 unspecified atom stereocenters. The number of hydrogen-bond acceptors (Lipinski definition) is 3. The molecule has 1 aromatic rings. The van der Waals surface area contributed by atoms with E-state index in [1.54, 1.807) is 0 Å². The van der Waals surface area contributed by atoms with Crippen molar-refractivity contribution in [1.82, 2.24) is 9.71 Å². The molecule has 1 aromatic heterocycles. The van der Waals surface area contributed by atoms with Gasteiger partial charge in [-0.25, -0.2) is 22.5 Å². The Labute approximate surface area is 114 Å². The van der Waals surface area contributed by atoms with Gasteiger partial charge < -0.3 is 0 Å². The smallest absolute Gasteiger partial charge is 0.241 e. The fourth-order valence-electron chi connectivity index (χ4n) is 2.08. The Morgan fingerprint density at radius 1 is 1.26 bits per heavy atom. The van der Waals surface area contributed by atoms with Crippen molar-refractivity contribution in [3.63, 3.8) is 0 Å². The molecule has 4 nitrogen and oxygen atoms in total. The maximum Gasteiger partial charge on any atom is 0.261 e. The second-order valence-electron chi connectivity index (χ2n) is 5.29. The van der Waals surface area contributed by atoms with Crippen molar-refractivity contribution in [3.05, 3.63) is 24.1 Å². The van der Waals surface area contributed by atoms with Gasteiger partial charge in [0.15, 0.2) is 5.82 Å². The summed E-state index contributed by atoms with van der Waals surface area (Å²) in [6.07, 6.45) is 1.26. The largest absolute Gasteiger partial charge is 0.261 e. The molecule has 0 aliphatic carbocycles. The molecule has 0 saturated heterocycles. The third kappa shape index (κ3) is 4.24. The molecule has 0 saturated carbocycles. The molecule has 0 fully saturated rings. The van der Waals surface area contributed by atoms with Crippen LogP contribution >= 0.6 is 0 Å². The summed E-state index contributed by atoms with van der Waals surface area (Å²) in [6, 6.07) is 2.45. The minimum Gasteiger partial charge on any atom is -0.241 e. The zero-order chi connectivity index (χ0) is 14.6. The fraction of sp³-hybridized carbons (Fsp3) is 0.615. The number of hydrogen-bond donors (Lipinski definition) is 1. The summed E-state index contributed by atoms with van der Waals surface area (Å²) in [7, 11) is -3.89. The summed E-state index contributed by atoms with van der Waals surface area (Å²) < 4.78 is 39.9. The van der Waals surface area contributed by atoms with E-state index in [9.17, 15) is 12.8 Å². The lowest BCUT2D eigenvalue weighted by molar-refractivity contribution is 0.289. The zero-order valence-electron chi connectivity index (χ0n) is 11.7. The van der Waals surface area contributed by atoms with E-state index in [0.717, 1.165) is 6.07 Å². The van der Waals surface area contributed by atoms with Crippen molar-refractivity contribution in [1.29, 1.82) is 0 Å². The molecule has 0 bridgehead atoms. The topological polar surface area (TPSA) is 59.1 Å². The van der Waals surface area contributed by atoms with E-state index >= 15 is 0 Å². The van der Waals surface area contributed by atoms with Gasteiger partial charge in [-0.1, -0.05) is 27.7 Å². The van der Waals surface area contributed by atoms with Crippen molar-refractivity contribution >= 4 is 10.0 Å². The summed E-state index contributed by atoms with van der Waals surface area (Å²) in [5.74, 6) is 0.0507. The molecule has 1 rings (SSSR count). The van der Waals surface area contributed by atoms with Crippen LogP contribution in [0.3, 0.4) is 0 Å². The SMILES string of the molecule is CC(C)C(CNS(=O)(=O)c1ncccc1F)C(C)C. The van der Waals surface area contributed by atoms with E-state index in [0.29, 0.717) is 11.8 Å². The summed E-state index contributed by atoms with van der Waals surface area (Å²) in [5.41, 5.74) is 0. The summed E-state index contributed by atoms with van der Waals surface area (Å²) in [6.45, 7) is 8.45. The summed E-state index contributed by atoms with van der Waals surface area (Å²) in [4.78, 5) is 3.59. The lowest BCUT2D eigenvalue weighted by Gasteiger charge is -2.24. The molecule has 0 aliphatic rings. The Morgan fingerprint density at radius 2 is 1.84 bits per heavy atom. The quantitative estimate of drug-likeness (QED) is 0.874. The molecule has 0 amide bonds. The van der Waals surface area contributed by atoms with Crippen molar-refractivity contribution in [2.75, 3.05) is 6.54 Å². The molecule has 0 aliphatic heterocycles. The van der Waals surface area contributed by atoms with Crippen LogP contribution in [0, 0.1) is 23.6 Å². The highest BCUT2D eigenvalue weighted by Gasteiger charge is 2.24. The highest BCUT2D eigenvalue weighted by Crippen LogP contribution is 2.20. The predicted molar refractivity (Wildman–Crippen MR) is 72.5 cm³/mol. The van der Waals surface area contributed by atoms with Gasteiger partial charge in [0.05, 0.1) is 0 Å². The first-order valence-electron chi connectivity index (χ1n) is 6.36. The lowest BCUT2D eigenvalue weighted by atomic mass is 9.86. The van der Waals surface area contributed by atoms with Gasteiger partial charge in [-0.3, -0.25) is 0 Å². The van der Waals surface area contributed by atoms with E-state index in [1.165, 1.54) is 12.3 Å². The van der Waals surface area contributed by atoms with Gasteiger partial charge in [0.1, 0.15) is 0 Å². The van der Waals surface area contributed by atoms with Crippen LogP contribution in [0.2, 0.25) is 0 Å². The van der Waals surface area contributed by atoms with E-state index in [1.807, 2.05) is 27.7 Å². The second kappa shape index (κ2) is 6.43. The predicted octanol–water partition coefficient (Wildman–Crippen LogP) is 2.43. The minimum absolute atomic E-state index is 0.196. The third-order valence-electron chi connectivity index (χ3n) is 3.20. The van der Waals surface area contributed by atoms with Crippen molar-refractivity contribution in [3.8, 4) is 0 Å². The number of halogens is 1. The van der Waals surface area contributed by atoms with Crippen LogP contribution in [0.25, 0.3) is 0 Å². The number of nitrogens with one attached hydrogen (secondary N) is 1. The third-order valence-corrected chi connectivity index (χ3v) is 4.56. The number of pyridine rings is 1. The normalized spacial score (nSPS) is 12.6. The number of rotatable bonds is 6. The van der Waals surface area contributed by atoms with Crippen LogP contribution in [0.15, 0.2) is 23.4 Å². The highest BCUT2D eigenvalue weighted by molar-refractivity contribution is 7.89. The van der Waals surface area contributed by atoms with Gasteiger partial charge in [0, 0.05) is 12.7 Å². The van der Waals surface area contributed by atoms with Gasteiger partial charge in [0.25, 0.3) is 10.0 Å². The van der Waals surface area contributed by atoms with Crippen LogP contribution in [-0.2, 0) is 10.0 Å². The first-order chi connectivity index (χ1) is 8.75. The Morgan fingerprint density at radius 3 is 2.32 bits per heavy atom. The van der Waals surface area contributed by atoms with E-state index in [2.05, 4.69) is 9.71 Å². The Hall–Kier alpha value is -1.01. The van der Waals surface area contributed by atoms with Crippen LogP contribution in [0.4, 0.5) is 4.39 Å². The molecule has 0 atom stereocenters. The molecule has 19 heavy (non-hydrogen) atoms. The van der Waals surface area contributed by atoms with Crippen LogP contribution in [0.5, 0.6) is 0 Å². The minimum atomic E-state index is -3.89.